The van der Waals surface area contributed by atoms with Gasteiger partial charge in [-0.25, -0.2) is 0 Å². The molecule has 3 aromatic rings. The number of hydrogen-bond acceptors (Lipinski definition) is 2. The van der Waals surface area contributed by atoms with Gasteiger partial charge >= 0.3 is 0 Å². The van der Waals surface area contributed by atoms with E-state index in [1.165, 1.54) is 0 Å². The summed E-state index contributed by atoms with van der Waals surface area (Å²) in [6, 6.07) is 9.99. The zero-order valence-corrected chi connectivity index (χ0v) is 9.66. The largest absolute Gasteiger partial charge is 0.456 e. The summed E-state index contributed by atoms with van der Waals surface area (Å²) in [5, 5.41) is 2.94. The van der Waals surface area contributed by atoms with Crippen LogP contribution in [0.2, 0.25) is 5.02 Å². The lowest BCUT2D eigenvalue weighted by molar-refractivity contribution is 0.663. The fraction of sp³-hybridized carbons (Fsp3) is 0.0714. The van der Waals surface area contributed by atoms with Crippen LogP contribution >= 0.6 is 11.6 Å². The highest BCUT2D eigenvalue weighted by Crippen LogP contribution is 2.37. The van der Waals surface area contributed by atoms with Gasteiger partial charge in [-0.1, -0.05) is 29.8 Å². The van der Waals surface area contributed by atoms with Crippen molar-refractivity contribution in [2.45, 2.75) is 6.54 Å². The van der Waals surface area contributed by atoms with Crippen molar-refractivity contribution in [3.05, 3.63) is 46.5 Å². The zero-order chi connectivity index (χ0) is 11.4. The monoisotopic (exact) mass is 241 g/mol. The topological polar surface area (TPSA) is 25.5 Å². The second-order valence-electron chi connectivity index (χ2n) is 4.20. The molecule has 0 atom stereocenters. The van der Waals surface area contributed by atoms with E-state index in [0.717, 1.165) is 38.1 Å². The first-order chi connectivity index (χ1) is 8.34. The van der Waals surface area contributed by atoms with Crippen LogP contribution in [-0.2, 0) is 6.54 Å². The summed E-state index contributed by atoms with van der Waals surface area (Å²) in [4.78, 5) is 4.26. The summed E-state index contributed by atoms with van der Waals surface area (Å²) >= 11 is 6.27. The lowest BCUT2D eigenvalue weighted by Crippen LogP contribution is -1.86. The van der Waals surface area contributed by atoms with Crippen molar-refractivity contribution in [3.63, 3.8) is 0 Å². The first-order valence-corrected chi connectivity index (χ1v) is 5.85. The van der Waals surface area contributed by atoms with Crippen LogP contribution in [0.5, 0.6) is 0 Å². The Kier molecular flexibility index (Phi) is 1.69. The van der Waals surface area contributed by atoms with E-state index in [9.17, 15) is 0 Å². The van der Waals surface area contributed by atoms with E-state index in [4.69, 9.17) is 16.0 Å². The third-order valence-corrected chi connectivity index (χ3v) is 3.54. The standard InChI is InChI=1S/C14H8ClNO/c15-12-5-9-8-3-1-2-4-13(8)17-14(9)11-7-16-6-10(11)12/h1-6H,7H2. The summed E-state index contributed by atoms with van der Waals surface area (Å²) in [5.41, 5.74) is 3.92. The number of halogens is 1. The van der Waals surface area contributed by atoms with Crippen LogP contribution < -0.4 is 0 Å². The van der Waals surface area contributed by atoms with Gasteiger partial charge in [-0.3, -0.25) is 4.99 Å². The molecule has 2 heterocycles. The molecule has 0 radical (unpaired) electrons. The average Bonchev–Trinajstić information content (AvgIpc) is 2.93. The number of benzene rings is 2. The van der Waals surface area contributed by atoms with Crippen molar-refractivity contribution >= 4 is 39.8 Å². The lowest BCUT2D eigenvalue weighted by atomic mass is 10.1. The second-order valence-corrected chi connectivity index (χ2v) is 4.60. The van der Waals surface area contributed by atoms with Gasteiger partial charge in [0.1, 0.15) is 11.2 Å². The summed E-state index contributed by atoms with van der Waals surface area (Å²) in [6.07, 6.45) is 1.82. The molecule has 0 bridgehead atoms. The third kappa shape index (κ3) is 1.13. The minimum atomic E-state index is 0.659. The Morgan fingerprint density at radius 2 is 2.06 bits per heavy atom. The summed E-state index contributed by atoms with van der Waals surface area (Å²) < 4.78 is 5.91. The minimum Gasteiger partial charge on any atom is -0.456 e. The third-order valence-electron chi connectivity index (χ3n) is 3.23. The molecular weight excluding hydrogens is 234 g/mol. The van der Waals surface area contributed by atoms with Crippen LogP contribution in [0.1, 0.15) is 11.1 Å². The highest BCUT2D eigenvalue weighted by atomic mass is 35.5. The van der Waals surface area contributed by atoms with E-state index in [2.05, 4.69) is 11.1 Å². The number of rotatable bonds is 0. The molecule has 0 fully saturated rings. The van der Waals surface area contributed by atoms with Crippen molar-refractivity contribution in [2.75, 3.05) is 0 Å². The molecule has 0 saturated heterocycles. The fourth-order valence-corrected chi connectivity index (χ4v) is 2.70. The van der Waals surface area contributed by atoms with Crippen LogP contribution in [0.15, 0.2) is 39.7 Å². The maximum Gasteiger partial charge on any atom is 0.141 e. The van der Waals surface area contributed by atoms with Gasteiger partial charge in [-0.15, -0.1) is 0 Å². The predicted molar refractivity (Wildman–Crippen MR) is 70.0 cm³/mol. The van der Waals surface area contributed by atoms with Crippen molar-refractivity contribution in [1.82, 2.24) is 0 Å². The average molecular weight is 242 g/mol. The first-order valence-electron chi connectivity index (χ1n) is 5.47. The SMILES string of the molecule is Clc1cc2c(oc3ccccc32)c2c1C=NC2. The number of fused-ring (bicyclic) bond motifs is 5. The summed E-state index contributed by atoms with van der Waals surface area (Å²) in [6.45, 7) is 0.659. The fourth-order valence-electron chi connectivity index (χ4n) is 2.43. The van der Waals surface area contributed by atoms with E-state index in [-0.39, 0.29) is 0 Å². The van der Waals surface area contributed by atoms with Gasteiger partial charge in [-0.05, 0) is 12.1 Å². The molecule has 0 unspecified atom stereocenters. The Bertz CT molecular complexity index is 786. The smallest absolute Gasteiger partial charge is 0.141 e. The van der Waals surface area contributed by atoms with E-state index >= 15 is 0 Å². The van der Waals surface area contributed by atoms with Crippen LogP contribution in [0, 0.1) is 0 Å². The van der Waals surface area contributed by atoms with Gasteiger partial charge in [0.2, 0.25) is 0 Å². The van der Waals surface area contributed by atoms with E-state index in [1.54, 1.807) is 0 Å². The van der Waals surface area contributed by atoms with Gasteiger partial charge in [0, 0.05) is 28.1 Å². The number of furan rings is 1. The van der Waals surface area contributed by atoms with Crippen molar-refractivity contribution in [3.8, 4) is 0 Å². The highest BCUT2D eigenvalue weighted by molar-refractivity contribution is 6.35. The number of nitrogens with zero attached hydrogens (tertiary/aromatic N) is 1. The van der Waals surface area contributed by atoms with Gasteiger partial charge in [0.05, 0.1) is 11.6 Å². The molecule has 0 amide bonds. The van der Waals surface area contributed by atoms with Crippen LogP contribution in [0.25, 0.3) is 21.9 Å². The van der Waals surface area contributed by atoms with Gasteiger partial charge in [0.15, 0.2) is 0 Å². The molecule has 0 spiro atoms. The van der Waals surface area contributed by atoms with Crippen LogP contribution in [-0.4, -0.2) is 6.21 Å². The van der Waals surface area contributed by atoms with Gasteiger partial charge in [-0.2, -0.15) is 0 Å². The maximum atomic E-state index is 6.27. The molecule has 1 aliphatic rings. The highest BCUT2D eigenvalue weighted by Gasteiger charge is 2.19. The minimum absolute atomic E-state index is 0.659. The van der Waals surface area contributed by atoms with E-state index in [0.29, 0.717) is 6.54 Å². The first kappa shape index (κ1) is 9.25. The molecule has 0 aliphatic carbocycles. The normalized spacial score (nSPS) is 13.7. The second kappa shape index (κ2) is 3.11. The summed E-state index contributed by atoms with van der Waals surface area (Å²) in [7, 11) is 0. The molecule has 2 nitrogen and oxygen atoms in total. The summed E-state index contributed by atoms with van der Waals surface area (Å²) in [5.74, 6) is 0. The Labute approximate surface area is 103 Å². The number of para-hydroxylation sites is 1. The van der Waals surface area contributed by atoms with Crippen molar-refractivity contribution in [2.24, 2.45) is 4.99 Å². The Morgan fingerprint density at radius 1 is 1.18 bits per heavy atom. The number of hydrogen-bond donors (Lipinski definition) is 0. The van der Waals surface area contributed by atoms with Crippen molar-refractivity contribution < 1.29 is 4.42 Å². The molecular formula is C14H8ClNO. The molecule has 0 saturated carbocycles. The molecule has 1 aromatic heterocycles. The Morgan fingerprint density at radius 3 is 3.00 bits per heavy atom. The molecule has 3 heteroatoms. The maximum absolute atomic E-state index is 6.27. The molecule has 4 rings (SSSR count). The molecule has 2 aromatic carbocycles. The van der Waals surface area contributed by atoms with E-state index < -0.39 is 0 Å². The molecule has 82 valence electrons. The quantitative estimate of drug-likeness (QED) is 0.580. The molecule has 1 aliphatic heterocycles. The van der Waals surface area contributed by atoms with E-state index in [1.807, 2.05) is 30.5 Å². The predicted octanol–water partition coefficient (Wildman–Crippen LogP) is 4.17. The van der Waals surface area contributed by atoms with Crippen LogP contribution in [0.4, 0.5) is 0 Å². The molecule has 17 heavy (non-hydrogen) atoms. The van der Waals surface area contributed by atoms with Crippen LogP contribution in [0.3, 0.4) is 0 Å². The Balaban J connectivity index is 2.27. The molecule has 0 N–H and O–H groups in total. The number of aliphatic imine (C=N–C) groups is 1. The zero-order valence-electron chi connectivity index (χ0n) is 8.90. The Hall–Kier alpha value is -1.80. The van der Waals surface area contributed by atoms with Gasteiger partial charge < -0.3 is 4.42 Å². The lowest BCUT2D eigenvalue weighted by Gasteiger charge is -2.00. The van der Waals surface area contributed by atoms with Crippen molar-refractivity contribution in [1.29, 1.82) is 0 Å². The van der Waals surface area contributed by atoms with Gasteiger partial charge in [0.25, 0.3) is 0 Å².